The van der Waals surface area contributed by atoms with Gasteiger partial charge in [0.15, 0.2) is 0 Å². The lowest BCUT2D eigenvalue weighted by atomic mass is 10.1. The van der Waals surface area contributed by atoms with Crippen molar-refractivity contribution in [3.8, 4) is 5.75 Å². The molecule has 2 rings (SSSR count). The number of fused-ring (bicyclic) bond motifs is 1. The van der Waals surface area contributed by atoms with Gasteiger partial charge in [0.05, 0.1) is 17.3 Å². The van der Waals surface area contributed by atoms with Crippen molar-refractivity contribution >= 4 is 42.8 Å². The molecule has 0 aliphatic carbocycles. The first-order valence-electron chi connectivity index (χ1n) is 5.82. The van der Waals surface area contributed by atoms with Crippen LogP contribution >= 0.6 is 15.9 Å². The quantitative estimate of drug-likeness (QED) is 0.837. The fourth-order valence-corrected chi connectivity index (χ4v) is 2.74. The lowest BCUT2D eigenvalue weighted by molar-refractivity contribution is -0.274. The highest BCUT2D eigenvalue weighted by molar-refractivity contribution is 9.10. The number of pyridine rings is 1. The number of aromatic nitrogens is 1. The summed E-state index contributed by atoms with van der Waals surface area (Å²) in [6, 6.07) is 3.33. The maximum atomic E-state index is 12.3. The highest BCUT2D eigenvalue weighted by Gasteiger charge is 2.31. The first kappa shape index (κ1) is 17.5. The molecule has 23 heavy (non-hydrogen) atoms. The van der Waals surface area contributed by atoms with Gasteiger partial charge in [-0.1, -0.05) is 0 Å². The number of carbonyl (C=O) groups is 1. The molecular weight excluding hydrogens is 405 g/mol. The Bertz CT molecular complexity index is 884. The fourth-order valence-electron chi connectivity index (χ4n) is 1.72. The van der Waals surface area contributed by atoms with Gasteiger partial charge < -0.3 is 4.74 Å². The van der Waals surface area contributed by atoms with Crippen LogP contribution in [0.5, 0.6) is 5.75 Å². The Morgan fingerprint density at radius 2 is 1.96 bits per heavy atom. The number of rotatable bonds is 3. The minimum Gasteiger partial charge on any atom is -0.406 e. The van der Waals surface area contributed by atoms with Gasteiger partial charge in [-0.15, -0.1) is 13.2 Å². The molecule has 1 N–H and O–H groups in total. The van der Waals surface area contributed by atoms with E-state index >= 15 is 0 Å². The van der Waals surface area contributed by atoms with Crippen molar-refractivity contribution in [2.45, 2.75) is 6.36 Å². The van der Waals surface area contributed by atoms with Crippen molar-refractivity contribution < 1.29 is 31.1 Å². The molecule has 0 bridgehead atoms. The predicted molar refractivity (Wildman–Crippen MR) is 78.4 cm³/mol. The molecule has 2 aromatic rings. The lowest BCUT2D eigenvalue weighted by Gasteiger charge is -2.11. The summed E-state index contributed by atoms with van der Waals surface area (Å²) in [4.78, 5) is 15.7. The number of nitrogens with zero attached hydrogens (tertiary/aromatic N) is 1. The summed E-state index contributed by atoms with van der Waals surface area (Å²) in [6.07, 6.45) is -2.96. The van der Waals surface area contributed by atoms with Gasteiger partial charge >= 0.3 is 6.36 Å². The number of benzene rings is 1. The van der Waals surface area contributed by atoms with Crippen LogP contribution in [0.3, 0.4) is 0 Å². The molecule has 0 radical (unpaired) electrons. The van der Waals surface area contributed by atoms with Crippen LogP contribution in [-0.2, 0) is 10.0 Å². The van der Waals surface area contributed by atoms with Crippen LogP contribution < -0.4 is 9.46 Å². The van der Waals surface area contributed by atoms with E-state index in [1.165, 1.54) is 6.07 Å². The summed E-state index contributed by atoms with van der Waals surface area (Å²) >= 11 is 3.06. The minimum absolute atomic E-state index is 0.126. The SMILES string of the molecule is CS(=O)(=O)NC(=O)c1cnc2c(Br)cc(OC(F)(F)F)cc2c1. The zero-order chi connectivity index (χ0) is 17.4. The summed E-state index contributed by atoms with van der Waals surface area (Å²) in [7, 11) is -3.78. The number of ether oxygens (including phenoxy) is 1. The summed E-state index contributed by atoms with van der Waals surface area (Å²) in [6.45, 7) is 0. The third-order valence-corrected chi connectivity index (χ3v) is 3.64. The van der Waals surface area contributed by atoms with Gasteiger partial charge in [-0.2, -0.15) is 0 Å². The van der Waals surface area contributed by atoms with Crippen LogP contribution in [0, 0.1) is 0 Å². The van der Waals surface area contributed by atoms with E-state index in [9.17, 15) is 26.4 Å². The van der Waals surface area contributed by atoms with Crippen LogP contribution in [0.25, 0.3) is 10.9 Å². The number of hydrogen-bond donors (Lipinski definition) is 1. The highest BCUT2D eigenvalue weighted by Crippen LogP contribution is 2.31. The van der Waals surface area contributed by atoms with E-state index in [0.717, 1.165) is 24.6 Å². The molecule has 1 aromatic heterocycles. The van der Waals surface area contributed by atoms with Gasteiger partial charge in [0.25, 0.3) is 5.91 Å². The van der Waals surface area contributed by atoms with E-state index in [-0.39, 0.29) is 20.9 Å². The van der Waals surface area contributed by atoms with Crippen LogP contribution in [0.4, 0.5) is 13.2 Å². The zero-order valence-electron chi connectivity index (χ0n) is 11.3. The van der Waals surface area contributed by atoms with Crippen molar-refractivity contribution in [3.63, 3.8) is 0 Å². The molecular formula is C12H8BrF3N2O4S. The average Bonchev–Trinajstić information content (AvgIpc) is 2.33. The Hall–Kier alpha value is -1.88. The molecule has 0 atom stereocenters. The predicted octanol–water partition coefficient (Wildman–Crippen LogP) is 2.59. The van der Waals surface area contributed by atoms with Gasteiger partial charge in [0, 0.05) is 16.1 Å². The molecule has 0 spiro atoms. The van der Waals surface area contributed by atoms with Crippen LogP contribution in [-0.4, -0.2) is 31.9 Å². The van der Waals surface area contributed by atoms with E-state index in [1.807, 2.05) is 0 Å². The van der Waals surface area contributed by atoms with Crippen molar-refractivity contribution in [2.24, 2.45) is 0 Å². The molecule has 0 aliphatic rings. The number of sulfonamides is 1. The van der Waals surface area contributed by atoms with Gasteiger partial charge in [-0.25, -0.2) is 13.1 Å². The van der Waals surface area contributed by atoms with Gasteiger partial charge in [-0.05, 0) is 34.1 Å². The van der Waals surface area contributed by atoms with E-state index in [4.69, 9.17) is 0 Å². The Labute approximate surface area is 136 Å². The average molecular weight is 413 g/mol. The maximum Gasteiger partial charge on any atom is 0.573 e. The standard InChI is InChI=1S/C12H8BrF3N2O4S/c1-23(20,21)18-11(19)7-2-6-3-8(22-12(14,15)16)4-9(13)10(6)17-5-7/h2-5H,1H3,(H,18,19). The molecule has 1 amide bonds. The van der Waals surface area contributed by atoms with Crippen LogP contribution in [0.15, 0.2) is 28.9 Å². The smallest absolute Gasteiger partial charge is 0.406 e. The van der Waals surface area contributed by atoms with E-state index < -0.39 is 28.0 Å². The Kier molecular flexibility index (Phi) is 4.53. The molecule has 1 aromatic carbocycles. The molecule has 0 aliphatic heterocycles. The number of halogens is 4. The third kappa shape index (κ3) is 4.79. The summed E-state index contributed by atoms with van der Waals surface area (Å²) in [5.41, 5.74) is 0.161. The van der Waals surface area contributed by atoms with Gasteiger partial charge in [0.1, 0.15) is 5.75 Å². The monoisotopic (exact) mass is 412 g/mol. The van der Waals surface area contributed by atoms with E-state index in [1.54, 1.807) is 4.72 Å². The highest BCUT2D eigenvalue weighted by atomic mass is 79.9. The fraction of sp³-hybridized carbons (Fsp3) is 0.167. The third-order valence-electron chi connectivity index (χ3n) is 2.48. The minimum atomic E-state index is -4.87. The lowest BCUT2D eigenvalue weighted by Crippen LogP contribution is -2.29. The molecule has 0 saturated heterocycles. The van der Waals surface area contributed by atoms with Gasteiger partial charge in [0.2, 0.25) is 10.0 Å². The number of amides is 1. The Balaban J connectivity index is 2.47. The second-order valence-corrected chi connectivity index (χ2v) is 7.05. The van der Waals surface area contributed by atoms with Gasteiger partial charge in [-0.3, -0.25) is 9.78 Å². The summed E-state index contributed by atoms with van der Waals surface area (Å²) in [5, 5.41) is 0.166. The molecule has 0 saturated carbocycles. The van der Waals surface area contributed by atoms with Crippen LogP contribution in [0.1, 0.15) is 10.4 Å². The number of carbonyl (C=O) groups excluding carboxylic acids is 1. The van der Waals surface area contributed by atoms with E-state index in [2.05, 4.69) is 25.7 Å². The maximum absolute atomic E-state index is 12.3. The first-order chi connectivity index (χ1) is 10.4. The van der Waals surface area contributed by atoms with Crippen molar-refractivity contribution in [2.75, 3.05) is 6.26 Å². The largest absolute Gasteiger partial charge is 0.573 e. The van der Waals surface area contributed by atoms with E-state index in [0.29, 0.717) is 0 Å². The molecule has 0 unspecified atom stereocenters. The normalized spacial score (nSPS) is 12.2. The van der Waals surface area contributed by atoms with Crippen LogP contribution in [0.2, 0.25) is 0 Å². The van der Waals surface area contributed by atoms with Crippen molar-refractivity contribution in [1.29, 1.82) is 0 Å². The topological polar surface area (TPSA) is 85.4 Å². The second-order valence-electron chi connectivity index (χ2n) is 4.45. The second kappa shape index (κ2) is 5.96. The summed E-state index contributed by atoms with van der Waals surface area (Å²) in [5.74, 6) is -1.44. The molecule has 6 nitrogen and oxygen atoms in total. The molecule has 11 heteroatoms. The number of alkyl halides is 3. The summed E-state index contributed by atoms with van der Waals surface area (Å²) < 4.78 is 64.7. The first-order valence-corrected chi connectivity index (χ1v) is 8.50. The number of nitrogens with one attached hydrogen (secondary N) is 1. The zero-order valence-corrected chi connectivity index (χ0v) is 13.7. The molecule has 124 valence electrons. The molecule has 1 heterocycles. The number of hydrogen-bond acceptors (Lipinski definition) is 5. The Morgan fingerprint density at radius 3 is 2.52 bits per heavy atom. The van der Waals surface area contributed by atoms with Crippen molar-refractivity contribution in [3.05, 3.63) is 34.4 Å². The molecule has 0 fully saturated rings. The van der Waals surface area contributed by atoms with Crippen molar-refractivity contribution in [1.82, 2.24) is 9.71 Å². The Morgan fingerprint density at radius 1 is 1.30 bits per heavy atom.